The second-order valence-corrected chi connectivity index (χ2v) is 5.39. The Balaban J connectivity index is 2.64. The molecular formula is C7H14FNO2S. The molecule has 0 aromatic carbocycles. The van der Waals surface area contributed by atoms with Gasteiger partial charge in [-0.2, -0.15) is 4.31 Å². The SMILES string of the molecule is CC1CCN(S(C)(=O)=O)CC1F. The predicted octanol–water partition coefficient (Wildman–Crippen LogP) is 0.626. The van der Waals surface area contributed by atoms with Crippen molar-refractivity contribution in [3.05, 3.63) is 0 Å². The van der Waals surface area contributed by atoms with Gasteiger partial charge in [0.2, 0.25) is 10.0 Å². The molecule has 0 bridgehead atoms. The van der Waals surface area contributed by atoms with Crippen LogP contribution in [0.3, 0.4) is 0 Å². The molecule has 3 nitrogen and oxygen atoms in total. The molecule has 0 amide bonds. The molecule has 0 radical (unpaired) electrons. The Morgan fingerprint density at radius 1 is 1.50 bits per heavy atom. The molecule has 1 rings (SSSR count). The van der Waals surface area contributed by atoms with Gasteiger partial charge in [0.15, 0.2) is 0 Å². The van der Waals surface area contributed by atoms with Gasteiger partial charge >= 0.3 is 0 Å². The maximum atomic E-state index is 13.1. The highest BCUT2D eigenvalue weighted by Gasteiger charge is 2.30. The van der Waals surface area contributed by atoms with Gasteiger partial charge in [-0.15, -0.1) is 0 Å². The van der Waals surface area contributed by atoms with Crippen LogP contribution in [0.1, 0.15) is 13.3 Å². The summed E-state index contributed by atoms with van der Waals surface area (Å²) < 4.78 is 36.3. The van der Waals surface area contributed by atoms with Gasteiger partial charge in [-0.25, -0.2) is 12.8 Å². The van der Waals surface area contributed by atoms with Crippen LogP contribution in [0.2, 0.25) is 0 Å². The number of nitrogens with zero attached hydrogens (tertiary/aromatic N) is 1. The lowest BCUT2D eigenvalue weighted by molar-refractivity contribution is 0.144. The van der Waals surface area contributed by atoms with Gasteiger partial charge in [0.1, 0.15) is 6.17 Å². The third kappa shape index (κ3) is 2.17. The summed E-state index contributed by atoms with van der Waals surface area (Å²) in [6.45, 7) is 2.30. The lowest BCUT2D eigenvalue weighted by atomic mass is 9.99. The highest BCUT2D eigenvalue weighted by atomic mass is 32.2. The van der Waals surface area contributed by atoms with Crippen LogP contribution >= 0.6 is 0 Å². The molecule has 0 saturated carbocycles. The average Bonchev–Trinajstić information content (AvgIpc) is 1.92. The standard InChI is InChI=1S/C7H14FNO2S/c1-6-3-4-9(5-7(6)8)12(2,10)11/h6-7H,3-5H2,1-2H3. The van der Waals surface area contributed by atoms with Gasteiger partial charge in [-0.05, 0) is 12.3 Å². The Morgan fingerprint density at radius 2 is 2.08 bits per heavy atom. The van der Waals surface area contributed by atoms with E-state index in [-0.39, 0.29) is 12.5 Å². The van der Waals surface area contributed by atoms with Crippen molar-refractivity contribution >= 4 is 10.0 Å². The zero-order chi connectivity index (χ0) is 9.35. The number of piperidine rings is 1. The van der Waals surface area contributed by atoms with E-state index in [4.69, 9.17) is 0 Å². The van der Waals surface area contributed by atoms with Crippen LogP contribution in [-0.4, -0.2) is 38.2 Å². The van der Waals surface area contributed by atoms with E-state index in [1.54, 1.807) is 0 Å². The molecule has 12 heavy (non-hydrogen) atoms. The molecule has 1 saturated heterocycles. The largest absolute Gasteiger partial charge is 0.246 e. The summed E-state index contributed by atoms with van der Waals surface area (Å²) in [6, 6.07) is 0. The zero-order valence-corrected chi connectivity index (χ0v) is 8.14. The number of halogens is 1. The zero-order valence-electron chi connectivity index (χ0n) is 7.33. The van der Waals surface area contributed by atoms with Crippen molar-refractivity contribution in [3.63, 3.8) is 0 Å². The summed E-state index contributed by atoms with van der Waals surface area (Å²) in [7, 11) is -3.19. The first-order valence-corrected chi connectivity index (χ1v) is 5.85. The number of hydrogen-bond donors (Lipinski definition) is 0. The molecule has 1 heterocycles. The van der Waals surface area contributed by atoms with E-state index in [9.17, 15) is 12.8 Å². The maximum absolute atomic E-state index is 13.1. The van der Waals surface area contributed by atoms with Crippen LogP contribution in [0.4, 0.5) is 4.39 Å². The Bertz CT molecular complexity index is 252. The van der Waals surface area contributed by atoms with Crippen molar-refractivity contribution in [2.45, 2.75) is 19.5 Å². The van der Waals surface area contributed by atoms with Gasteiger partial charge in [0.25, 0.3) is 0 Å². The summed E-state index contributed by atoms with van der Waals surface area (Å²) in [5, 5.41) is 0. The summed E-state index contributed by atoms with van der Waals surface area (Å²) in [5.74, 6) is -0.0111. The first-order chi connectivity index (χ1) is 5.41. The summed E-state index contributed by atoms with van der Waals surface area (Å²) >= 11 is 0. The van der Waals surface area contributed by atoms with E-state index >= 15 is 0 Å². The summed E-state index contributed by atoms with van der Waals surface area (Å²) in [4.78, 5) is 0. The Kier molecular flexibility index (Phi) is 2.73. The Morgan fingerprint density at radius 3 is 2.50 bits per heavy atom. The number of hydrogen-bond acceptors (Lipinski definition) is 2. The van der Waals surface area contributed by atoms with Crippen molar-refractivity contribution in [2.75, 3.05) is 19.3 Å². The van der Waals surface area contributed by atoms with Gasteiger partial charge in [0.05, 0.1) is 6.26 Å². The molecule has 0 aromatic rings. The molecule has 1 fully saturated rings. The minimum atomic E-state index is -3.19. The van der Waals surface area contributed by atoms with E-state index in [1.165, 1.54) is 4.31 Å². The highest BCUT2D eigenvalue weighted by molar-refractivity contribution is 7.88. The molecule has 0 N–H and O–H groups in total. The van der Waals surface area contributed by atoms with Crippen LogP contribution in [0.25, 0.3) is 0 Å². The Labute approximate surface area is 72.6 Å². The van der Waals surface area contributed by atoms with Crippen LogP contribution in [0, 0.1) is 5.92 Å². The average molecular weight is 195 g/mol. The van der Waals surface area contributed by atoms with E-state index in [1.807, 2.05) is 6.92 Å². The van der Waals surface area contributed by atoms with Crippen molar-refractivity contribution in [1.82, 2.24) is 4.31 Å². The lowest BCUT2D eigenvalue weighted by Crippen LogP contribution is -2.43. The van der Waals surface area contributed by atoms with Gasteiger partial charge in [0, 0.05) is 13.1 Å². The van der Waals surface area contributed by atoms with E-state index in [2.05, 4.69) is 0 Å². The van der Waals surface area contributed by atoms with Gasteiger partial charge < -0.3 is 0 Å². The number of alkyl halides is 1. The fourth-order valence-electron chi connectivity index (χ4n) is 1.30. The molecule has 72 valence electrons. The van der Waals surface area contributed by atoms with Crippen LogP contribution in [0.15, 0.2) is 0 Å². The molecule has 1 aliphatic heterocycles. The quantitative estimate of drug-likeness (QED) is 0.615. The monoisotopic (exact) mass is 195 g/mol. The smallest absolute Gasteiger partial charge is 0.211 e. The topological polar surface area (TPSA) is 37.4 Å². The fourth-order valence-corrected chi connectivity index (χ4v) is 2.15. The third-order valence-electron chi connectivity index (χ3n) is 2.30. The highest BCUT2D eigenvalue weighted by Crippen LogP contribution is 2.21. The molecular weight excluding hydrogens is 181 g/mol. The van der Waals surface area contributed by atoms with Crippen molar-refractivity contribution in [2.24, 2.45) is 5.92 Å². The molecule has 2 atom stereocenters. The minimum Gasteiger partial charge on any atom is -0.246 e. The van der Waals surface area contributed by atoms with Crippen molar-refractivity contribution in [1.29, 1.82) is 0 Å². The van der Waals surface area contributed by atoms with Crippen LogP contribution < -0.4 is 0 Å². The van der Waals surface area contributed by atoms with Gasteiger partial charge in [-0.3, -0.25) is 0 Å². The fraction of sp³-hybridized carbons (Fsp3) is 1.00. The van der Waals surface area contributed by atoms with E-state index in [0.717, 1.165) is 6.26 Å². The number of sulfonamides is 1. The van der Waals surface area contributed by atoms with Crippen molar-refractivity contribution in [3.8, 4) is 0 Å². The first kappa shape index (κ1) is 9.92. The molecule has 0 aromatic heterocycles. The molecule has 2 unspecified atom stereocenters. The van der Waals surface area contributed by atoms with Gasteiger partial charge in [-0.1, -0.05) is 6.92 Å². The van der Waals surface area contributed by atoms with E-state index in [0.29, 0.717) is 13.0 Å². The second-order valence-electron chi connectivity index (χ2n) is 3.40. The normalized spacial score (nSPS) is 33.6. The molecule has 0 spiro atoms. The number of rotatable bonds is 1. The van der Waals surface area contributed by atoms with E-state index < -0.39 is 16.2 Å². The van der Waals surface area contributed by atoms with Crippen LogP contribution in [-0.2, 0) is 10.0 Å². The first-order valence-electron chi connectivity index (χ1n) is 4.00. The molecule has 0 aliphatic carbocycles. The maximum Gasteiger partial charge on any atom is 0.211 e. The summed E-state index contributed by atoms with van der Waals surface area (Å²) in [6.07, 6.45) is 0.734. The third-order valence-corrected chi connectivity index (χ3v) is 3.57. The summed E-state index contributed by atoms with van der Waals surface area (Å²) in [5.41, 5.74) is 0. The van der Waals surface area contributed by atoms with Crippen molar-refractivity contribution < 1.29 is 12.8 Å². The Hall–Kier alpha value is -0.160. The lowest BCUT2D eigenvalue weighted by Gasteiger charge is -2.30. The second kappa shape index (κ2) is 3.30. The molecule has 1 aliphatic rings. The molecule has 5 heteroatoms. The predicted molar refractivity (Wildman–Crippen MR) is 45.1 cm³/mol. The van der Waals surface area contributed by atoms with Crippen LogP contribution in [0.5, 0.6) is 0 Å². The minimum absolute atomic E-state index is 0.0111.